The lowest BCUT2D eigenvalue weighted by Crippen LogP contribution is -2.48. The number of hydrogen-bond acceptors (Lipinski definition) is 2. The van der Waals surface area contributed by atoms with E-state index in [1.54, 1.807) is 7.05 Å². The molecule has 0 atom stereocenters. The van der Waals surface area contributed by atoms with E-state index in [1.165, 1.54) is 11.1 Å². The maximum atomic E-state index is 12.2. The SMILES string of the molecule is CN=C(NCCC(F)(F)F)NC1CCN(Cc2cccc(C)c2)CC1. The molecule has 0 amide bonds. The normalized spacial score (nSPS) is 17.6. The van der Waals surface area contributed by atoms with Crippen molar-refractivity contribution in [3.05, 3.63) is 35.4 Å². The van der Waals surface area contributed by atoms with Crippen molar-refractivity contribution in [1.82, 2.24) is 15.5 Å². The van der Waals surface area contributed by atoms with E-state index >= 15 is 0 Å². The van der Waals surface area contributed by atoms with Gasteiger partial charge in [0.2, 0.25) is 0 Å². The van der Waals surface area contributed by atoms with Crippen molar-refractivity contribution in [1.29, 1.82) is 0 Å². The first-order chi connectivity index (χ1) is 11.9. The van der Waals surface area contributed by atoms with Crippen LogP contribution in [-0.2, 0) is 6.54 Å². The zero-order chi connectivity index (χ0) is 18.3. The minimum atomic E-state index is -4.15. The van der Waals surface area contributed by atoms with Crippen LogP contribution in [0.3, 0.4) is 0 Å². The number of benzene rings is 1. The second kappa shape index (κ2) is 9.08. The summed E-state index contributed by atoms with van der Waals surface area (Å²) in [7, 11) is 1.58. The van der Waals surface area contributed by atoms with Gasteiger partial charge in [-0.15, -0.1) is 0 Å². The molecule has 0 aliphatic carbocycles. The van der Waals surface area contributed by atoms with E-state index in [0.29, 0.717) is 5.96 Å². The van der Waals surface area contributed by atoms with Gasteiger partial charge in [0.1, 0.15) is 0 Å². The fourth-order valence-corrected chi connectivity index (χ4v) is 3.01. The number of nitrogens with one attached hydrogen (secondary N) is 2. The molecule has 0 unspecified atom stereocenters. The Hall–Kier alpha value is -1.76. The van der Waals surface area contributed by atoms with Gasteiger partial charge in [0.05, 0.1) is 6.42 Å². The molecule has 1 aromatic rings. The lowest BCUT2D eigenvalue weighted by atomic mass is 10.0. The first-order valence-electron chi connectivity index (χ1n) is 8.67. The fraction of sp³-hybridized carbons (Fsp3) is 0.611. The number of rotatable bonds is 5. The van der Waals surface area contributed by atoms with Gasteiger partial charge < -0.3 is 10.6 Å². The Labute approximate surface area is 147 Å². The van der Waals surface area contributed by atoms with Crippen LogP contribution in [0.4, 0.5) is 13.2 Å². The van der Waals surface area contributed by atoms with Crippen LogP contribution in [0.5, 0.6) is 0 Å². The Morgan fingerprint density at radius 2 is 2.00 bits per heavy atom. The molecule has 1 saturated heterocycles. The second-order valence-electron chi connectivity index (χ2n) is 6.55. The lowest BCUT2D eigenvalue weighted by Gasteiger charge is -2.33. The Morgan fingerprint density at radius 3 is 2.60 bits per heavy atom. The first-order valence-corrected chi connectivity index (χ1v) is 8.67. The molecule has 0 radical (unpaired) electrons. The molecule has 0 spiro atoms. The third-order valence-electron chi connectivity index (χ3n) is 4.34. The third-order valence-corrected chi connectivity index (χ3v) is 4.34. The van der Waals surface area contributed by atoms with Gasteiger partial charge in [0.15, 0.2) is 5.96 Å². The number of halogens is 3. The monoisotopic (exact) mass is 356 g/mol. The number of alkyl halides is 3. The summed E-state index contributed by atoms with van der Waals surface area (Å²) < 4.78 is 36.6. The number of hydrogen-bond donors (Lipinski definition) is 2. The predicted molar refractivity (Wildman–Crippen MR) is 94.6 cm³/mol. The average molecular weight is 356 g/mol. The molecule has 1 aliphatic rings. The number of guanidine groups is 1. The Kier molecular flexibility index (Phi) is 7.11. The molecule has 7 heteroatoms. The quantitative estimate of drug-likeness (QED) is 0.629. The lowest BCUT2D eigenvalue weighted by molar-refractivity contribution is -0.132. The molecule has 0 aromatic heterocycles. The topological polar surface area (TPSA) is 39.7 Å². The number of nitrogens with zero attached hydrogens (tertiary/aromatic N) is 2. The third kappa shape index (κ3) is 7.34. The maximum Gasteiger partial charge on any atom is 0.390 e. The maximum absolute atomic E-state index is 12.2. The number of aryl methyl sites for hydroxylation is 1. The van der Waals surface area contributed by atoms with Gasteiger partial charge in [0.25, 0.3) is 0 Å². The van der Waals surface area contributed by atoms with Crippen molar-refractivity contribution in [2.45, 2.75) is 44.9 Å². The van der Waals surface area contributed by atoms with Gasteiger partial charge in [-0.2, -0.15) is 13.2 Å². The van der Waals surface area contributed by atoms with Gasteiger partial charge in [0, 0.05) is 39.3 Å². The van der Waals surface area contributed by atoms with Gasteiger partial charge in [-0.3, -0.25) is 9.89 Å². The summed E-state index contributed by atoms with van der Waals surface area (Å²) in [5.74, 6) is 0.446. The standard InChI is InChI=1S/C18H27F3N4/c1-14-4-3-5-15(12-14)13-25-10-6-16(7-11-25)24-17(22-2)23-9-8-18(19,20)21/h3-5,12,16H,6-11,13H2,1-2H3,(H2,22,23,24). The van der Waals surface area contributed by atoms with E-state index in [0.717, 1.165) is 32.5 Å². The van der Waals surface area contributed by atoms with Crippen molar-refractivity contribution >= 4 is 5.96 Å². The van der Waals surface area contributed by atoms with Gasteiger partial charge >= 0.3 is 6.18 Å². The molecule has 0 saturated carbocycles. The summed E-state index contributed by atoms with van der Waals surface area (Å²) in [5, 5.41) is 5.97. The van der Waals surface area contributed by atoms with Crippen LogP contribution >= 0.6 is 0 Å². The molecule has 0 bridgehead atoms. The molecule has 1 fully saturated rings. The summed E-state index contributed by atoms with van der Waals surface area (Å²) in [6, 6.07) is 8.76. The van der Waals surface area contributed by atoms with E-state index in [4.69, 9.17) is 0 Å². The van der Waals surface area contributed by atoms with Crippen LogP contribution in [0.25, 0.3) is 0 Å². The van der Waals surface area contributed by atoms with Crippen molar-refractivity contribution in [2.75, 3.05) is 26.7 Å². The molecular weight excluding hydrogens is 329 g/mol. The number of piperidine rings is 1. The molecule has 2 N–H and O–H groups in total. The zero-order valence-electron chi connectivity index (χ0n) is 14.9. The number of likely N-dealkylation sites (tertiary alicyclic amines) is 1. The molecule has 2 rings (SSSR count). The Balaban J connectivity index is 1.72. The van der Waals surface area contributed by atoms with E-state index < -0.39 is 12.6 Å². The fourth-order valence-electron chi connectivity index (χ4n) is 3.01. The van der Waals surface area contributed by atoms with Crippen LogP contribution in [-0.4, -0.2) is 49.8 Å². The number of aliphatic imine (C=N–C) groups is 1. The second-order valence-corrected chi connectivity index (χ2v) is 6.55. The highest BCUT2D eigenvalue weighted by Gasteiger charge is 2.26. The summed E-state index contributed by atoms with van der Waals surface area (Å²) in [5.41, 5.74) is 2.58. The zero-order valence-corrected chi connectivity index (χ0v) is 14.9. The molecule has 140 valence electrons. The summed E-state index contributed by atoms with van der Waals surface area (Å²) in [6.07, 6.45) is -3.10. The van der Waals surface area contributed by atoms with Crippen molar-refractivity contribution < 1.29 is 13.2 Å². The molecular formula is C18H27F3N4. The Bertz CT molecular complexity index is 564. The average Bonchev–Trinajstić information content (AvgIpc) is 2.54. The first kappa shape index (κ1) is 19.6. The summed E-state index contributed by atoms with van der Waals surface area (Å²) >= 11 is 0. The van der Waals surface area contributed by atoms with Crippen LogP contribution in [0.15, 0.2) is 29.3 Å². The minimum Gasteiger partial charge on any atom is -0.356 e. The summed E-state index contributed by atoms with van der Waals surface area (Å²) in [6.45, 7) is 4.80. The minimum absolute atomic E-state index is 0.157. The van der Waals surface area contributed by atoms with Gasteiger partial charge in [-0.05, 0) is 25.3 Å². The largest absolute Gasteiger partial charge is 0.390 e. The van der Waals surface area contributed by atoms with E-state index in [9.17, 15) is 13.2 Å². The summed E-state index contributed by atoms with van der Waals surface area (Å²) in [4.78, 5) is 6.42. The molecule has 1 heterocycles. The van der Waals surface area contributed by atoms with E-state index in [2.05, 4.69) is 51.7 Å². The predicted octanol–water partition coefficient (Wildman–Crippen LogP) is 3.08. The van der Waals surface area contributed by atoms with Crippen molar-refractivity contribution in [2.24, 2.45) is 4.99 Å². The molecule has 1 aromatic carbocycles. The van der Waals surface area contributed by atoms with Gasteiger partial charge in [-0.1, -0.05) is 29.8 Å². The van der Waals surface area contributed by atoms with Gasteiger partial charge in [-0.25, -0.2) is 0 Å². The van der Waals surface area contributed by atoms with E-state index in [-0.39, 0.29) is 12.6 Å². The van der Waals surface area contributed by atoms with Crippen molar-refractivity contribution in [3.63, 3.8) is 0 Å². The van der Waals surface area contributed by atoms with Crippen LogP contribution in [0.2, 0.25) is 0 Å². The molecule has 1 aliphatic heterocycles. The Morgan fingerprint density at radius 1 is 1.28 bits per heavy atom. The van der Waals surface area contributed by atoms with E-state index in [1.807, 2.05) is 0 Å². The molecule has 25 heavy (non-hydrogen) atoms. The molecule has 4 nitrogen and oxygen atoms in total. The van der Waals surface area contributed by atoms with Crippen LogP contribution < -0.4 is 10.6 Å². The van der Waals surface area contributed by atoms with Crippen molar-refractivity contribution in [3.8, 4) is 0 Å². The highest BCUT2D eigenvalue weighted by molar-refractivity contribution is 5.79. The highest BCUT2D eigenvalue weighted by Crippen LogP contribution is 2.18. The smallest absolute Gasteiger partial charge is 0.356 e. The van der Waals surface area contributed by atoms with Crippen LogP contribution in [0.1, 0.15) is 30.4 Å². The van der Waals surface area contributed by atoms with Crippen LogP contribution in [0, 0.1) is 6.92 Å². The highest BCUT2D eigenvalue weighted by atomic mass is 19.4.